The number of hydrogen-bond donors (Lipinski definition) is 0. The molecule has 0 aromatic carbocycles. The molecule has 1 rings (SSSR count). The molecule has 3 nitrogen and oxygen atoms in total. The Bertz CT molecular complexity index is 97.1. The Morgan fingerprint density at radius 1 is 1.33 bits per heavy atom. The molecule has 0 radical (unpaired) electrons. The van der Waals surface area contributed by atoms with Gasteiger partial charge in [-0.3, -0.25) is 0 Å². The minimum Gasteiger partial charge on any atom is -0.303 e. The molecular formula is C9H19NO2. The molecule has 0 aromatic rings. The Hall–Kier alpha value is -0.120. The lowest BCUT2D eigenvalue weighted by molar-refractivity contribution is -0.310. The van der Waals surface area contributed by atoms with Crippen molar-refractivity contribution in [3.63, 3.8) is 0 Å². The van der Waals surface area contributed by atoms with Crippen LogP contribution in [0.1, 0.15) is 26.2 Å². The molecule has 1 fully saturated rings. The van der Waals surface area contributed by atoms with E-state index in [9.17, 15) is 0 Å². The standard InChI is InChI=1S/C9H19NO2/c1-3-6-10-7-4-9(5-8-10)12-11-2/h9H,3-8H2,1-2H3. The summed E-state index contributed by atoms with van der Waals surface area (Å²) in [6, 6.07) is 0. The second-order valence-electron chi connectivity index (χ2n) is 3.30. The summed E-state index contributed by atoms with van der Waals surface area (Å²) >= 11 is 0. The van der Waals surface area contributed by atoms with Crippen LogP contribution in [0.15, 0.2) is 0 Å². The molecule has 0 amide bonds. The molecule has 0 saturated carbocycles. The molecule has 0 spiro atoms. The fourth-order valence-corrected chi connectivity index (χ4v) is 1.68. The molecular weight excluding hydrogens is 154 g/mol. The quantitative estimate of drug-likeness (QED) is 0.474. The molecule has 0 aromatic heterocycles. The average Bonchev–Trinajstić information content (AvgIpc) is 2.09. The monoisotopic (exact) mass is 173 g/mol. The van der Waals surface area contributed by atoms with Gasteiger partial charge in [0.05, 0.1) is 13.2 Å². The van der Waals surface area contributed by atoms with E-state index >= 15 is 0 Å². The first-order chi connectivity index (χ1) is 5.86. The van der Waals surface area contributed by atoms with Gasteiger partial charge in [0, 0.05) is 13.1 Å². The lowest BCUT2D eigenvalue weighted by atomic mass is 10.1. The van der Waals surface area contributed by atoms with Crippen LogP contribution in [0, 0.1) is 0 Å². The molecule has 0 bridgehead atoms. The predicted octanol–water partition coefficient (Wildman–Crippen LogP) is 1.44. The zero-order chi connectivity index (χ0) is 8.81. The van der Waals surface area contributed by atoms with Gasteiger partial charge in [-0.15, -0.1) is 0 Å². The molecule has 12 heavy (non-hydrogen) atoms. The third-order valence-electron chi connectivity index (χ3n) is 2.31. The van der Waals surface area contributed by atoms with E-state index in [0.29, 0.717) is 6.10 Å². The fourth-order valence-electron chi connectivity index (χ4n) is 1.68. The second kappa shape index (κ2) is 5.51. The van der Waals surface area contributed by atoms with Crippen molar-refractivity contribution < 1.29 is 9.78 Å². The van der Waals surface area contributed by atoms with Gasteiger partial charge in [0.15, 0.2) is 0 Å². The maximum atomic E-state index is 5.08. The third-order valence-corrected chi connectivity index (χ3v) is 2.31. The smallest absolute Gasteiger partial charge is 0.0954 e. The zero-order valence-electron chi connectivity index (χ0n) is 8.08. The average molecular weight is 173 g/mol. The Kier molecular flexibility index (Phi) is 4.58. The number of piperidine rings is 1. The van der Waals surface area contributed by atoms with Crippen molar-refractivity contribution >= 4 is 0 Å². The summed E-state index contributed by atoms with van der Waals surface area (Å²) in [5.41, 5.74) is 0. The van der Waals surface area contributed by atoms with Crippen molar-refractivity contribution in [1.29, 1.82) is 0 Å². The Labute approximate surface area is 74.6 Å². The summed E-state index contributed by atoms with van der Waals surface area (Å²) in [4.78, 5) is 12.2. The molecule has 3 heteroatoms. The van der Waals surface area contributed by atoms with Crippen LogP contribution in [-0.2, 0) is 9.78 Å². The highest BCUT2D eigenvalue weighted by molar-refractivity contribution is 4.70. The summed E-state index contributed by atoms with van der Waals surface area (Å²) in [6.07, 6.45) is 3.78. The van der Waals surface area contributed by atoms with E-state index in [2.05, 4.69) is 16.7 Å². The Balaban J connectivity index is 2.11. The summed E-state index contributed by atoms with van der Waals surface area (Å²) in [5.74, 6) is 0. The highest BCUT2D eigenvalue weighted by atomic mass is 17.2. The van der Waals surface area contributed by atoms with Gasteiger partial charge in [-0.05, 0) is 25.8 Å². The molecule has 1 saturated heterocycles. The van der Waals surface area contributed by atoms with E-state index in [0.717, 1.165) is 25.9 Å². The van der Waals surface area contributed by atoms with E-state index in [-0.39, 0.29) is 0 Å². The van der Waals surface area contributed by atoms with Gasteiger partial charge in [-0.25, -0.2) is 9.78 Å². The van der Waals surface area contributed by atoms with Crippen molar-refractivity contribution in [2.45, 2.75) is 32.3 Å². The summed E-state index contributed by atoms with van der Waals surface area (Å²) in [5, 5.41) is 0. The van der Waals surface area contributed by atoms with Crippen molar-refractivity contribution in [1.82, 2.24) is 4.90 Å². The van der Waals surface area contributed by atoms with Crippen molar-refractivity contribution in [2.75, 3.05) is 26.7 Å². The van der Waals surface area contributed by atoms with E-state index in [1.807, 2.05) is 0 Å². The van der Waals surface area contributed by atoms with Crippen LogP contribution >= 0.6 is 0 Å². The van der Waals surface area contributed by atoms with Gasteiger partial charge >= 0.3 is 0 Å². The zero-order valence-corrected chi connectivity index (χ0v) is 8.08. The summed E-state index contributed by atoms with van der Waals surface area (Å²) in [6.45, 7) is 5.75. The van der Waals surface area contributed by atoms with Crippen molar-refractivity contribution in [2.24, 2.45) is 0 Å². The maximum Gasteiger partial charge on any atom is 0.0954 e. The minimum atomic E-state index is 0.322. The van der Waals surface area contributed by atoms with Crippen LogP contribution in [0.3, 0.4) is 0 Å². The minimum absolute atomic E-state index is 0.322. The fraction of sp³-hybridized carbons (Fsp3) is 1.00. The first-order valence-corrected chi connectivity index (χ1v) is 4.78. The van der Waals surface area contributed by atoms with Gasteiger partial charge in [-0.1, -0.05) is 6.92 Å². The van der Waals surface area contributed by atoms with Crippen molar-refractivity contribution in [3.05, 3.63) is 0 Å². The van der Waals surface area contributed by atoms with Gasteiger partial charge in [0.25, 0.3) is 0 Å². The molecule has 0 aliphatic carbocycles. The normalized spacial score (nSPS) is 21.5. The van der Waals surface area contributed by atoms with Crippen molar-refractivity contribution in [3.8, 4) is 0 Å². The number of hydrogen-bond acceptors (Lipinski definition) is 3. The van der Waals surface area contributed by atoms with E-state index < -0.39 is 0 Å². The van der Waals surface area contributed by atoms with Crippen LogP contribution in [-0.4, -0.2) is 37.7 Å². The van der Waals surface area contributed by atoms with E-state index in [1.165, 1.54) is 13.0 Å². The largest absolute Gasteiger partial charge is 0.303 e. The van der Waals surface area contributed by atoms with E-state index in [4.69, 9.17) is 4.89 Å². The second-order valence-corrected chi connectivity index (χ2v) is 3.30. The van der Waals surface area contributed by atoms with Crippen LogP contribution in [0.5, 0.6) is 0 Å². The Morgan fingerprint density at radius 2 is 2.00 bits per heavy atom. The number of nitrogens with zero attached hydrogens (tertiary/aromatic N) is 1. The molecule has 0 N–H and O–H groups in total. The summed E-state index contributed by atoms with van der Waals surface area (Å²) < 4.78 is 0. The molecule has 1 aliphatic rings. The molecule has 0 unspecified atom stereocenters. The summed E-state index contributed by atoms with van der Waals surface area (Å²) in [7, 11) is 1.58. The Morgan fingerprint density at radius 3 is 2.50 bits per heavy atom. The van der Waals surface area contributed by atoms with Gasteiger partial charge in [0.2, 0.25) is 0 Å². The van der Waals surface area contributed by atoms with Gasteiger partial charge in [0.1, 0.15) is 0 Å². The van der Waals surface area contributed by atoms with Crippen LogP contribution in [0.2, 0.25) is 0 Å². The molecule has 1 heterocycles. The van der Waals surface area contributed by atoms with Crippen LogP contribution in [0.4, 0.5) is 0 Å². The maximum absolute atomic E-state index is 5.08. The number of likely N-dealkylation sites (tertiary alicyclic amines) is 1. The molecule has 72 valence electrons. The lowest BCUT2D eigenvalue weighted by Crippen LogP contribution is -2.37. The van der Waals surface area contributed by atoms with Crippen LogP contribution < -0.4 is 0 Å². The van der Waals surface area contributed by atoms with Crippen LogP contribution in [0.25, 0.3) is 0 Å². The lowest BCUT2D eigenvalue weighted by Gasteiger charge is -2.30. The molecule has 1 aliphatic heterocycles. The third kappa shape index (κ3) is 3.09. The first kappa shape index (κ1) is 9.96. The SMILES string of the molecule is CCCN1CCC(OOC)CC1. The topological polar surface area (TPSA) is 21.7 Å². The highest BCUT2D eigenvalue weighted by Gasteiger charge is 2.19. The predicted molar refractivity (Wildman–Crippen MR) is 47.8 cm³/mol. The van der Waals surface area contributed by atoms with Gasteiger partial charge < -0.3 is 4.90 Å². The molecule has 0 atom stereocenters. The van der Waals surface area contributed by atoms with Gasteiger partial charge in [-0.2, -0.15) is 0 Å². The van der Waals surface area contributed by atoms with E-state index in [1.54, 1.807) is 7.11 Å². The highest BCUT2D eigenvalue weighted by Crippen LogP contribution is 2.13. The first-order valence-electron chi connectivity index (χ1n) is 4.78. The number of rotatable bonds is 4.